The normalized spacial score (nSPS) is 11.4. The molecule has 0 aliphatic carbocycles. The van der Waals surface area contributed by atoms with Gasteiger partial charge in [-0.1, -0.05) is 57.9 Å². The number of nitrogens with zero attached hydrogens (tertiary/aromatic N) is 3. The van der Waals surface area contributed by atoms with E-state index < -0.39 is 0 Å². The summed E-state index contributed by atoms with van der Waals surface area (Å²) in [6, 6.07) is 26.0. The van der Waals surface area contributed by atoms with Gasteiger partial charge in [-0.15, -0.1) is 6.58 Å². The van der Waals surface area contributed by atoms with Crippen molar-refractivity contribution in [1.82, 2.24) is 9.66 Å². The largest absolute Gasteiger partial charge is 0.490 e. The van der Waals surface area contributed by atoms with Crippen LogP contribution < -0.4 is 15.0 Å². The molecule has 0 unspecified atom stereocenters. The average molecular weight is 669 g/mol. The van der Waals surface area contributed by atoms with E-state index in [2.05, 4.69) is 27.6 Å². The molecule has 44 heavy (non-hydrogen) atoms. The summed E-state index contributed by atoms with van der Waals surface area (Å²) in [6.45, 7) is 6.61. The Kier molecular flexibility index (Phi) is 8.63. The molecule has 0 aliphatic heterocycles. The van der Waals surface area contributed by atoms with Crippen molar-refractivity contribution in [3.8, 4) is 23.1 Å². The number of hydrogen-bond donors (Lipinski definition) is 0. The van der Waals surface area contributed by atoms with Crippen molar-refractivity contribution in [2.45, 2.75) is 20.0 Å². The summed E-state index contributed by atoms with van der Waals surface area (Å²) in [4.78, 5) is 18.5. The summed E-state index contributed by atoms with van der Waals surface area (Å²) < 4.78 is 20.6. The highest BCUT2D eigenvalue weighted by molar-refractivity contribution is 9.10. The zero-order chi connectivity index (χ0) is 30.6. The maximum atomic E-state index is 13.7. The summed E-state index contributed by atoms with van der Waals surface area (Å²) in [5, 5.41) is 6.62. The fourth-order valence-electron chi connectivity index (χ4n) is 4.87. The first-order valence-corrected chi connectivity index (χ1v) is 15.1. The molecule has 6 aromatic rings. The van der Waals surface area contributed by atoms with Gasteiger partial charge in [0, 0.05) is 20.4 Å². The third-order valence-electron chi connectivity index (χ3n) is 6.89. The molecule has 2 heterocycles. The van der Waals surface area contributed by atoms with Crippen LogP contribution in [0.4, 0.5) is 0 Å². The van der Waals surface area contributed by atoms with Crippen LogP contribution in [0.25, 0.3) is 33.5 Å². The van der Waals surface area contributed by atoms with Gasteiger partial charge < -0.3 is 13.9 Å². The number of furan rings is 1. The van der Waals surface area contributed by atoms with Crippen LogP contribution in [0.1, 0.15) is 23.6 Å². The zero-order valence-electron chi connectivity index (χ0n) is 23.8. The molecule has 0 spiro atoms. The molecule has 220 valence electrons. The van der Waals surface area contributed by atoms with Gasteiger partial charge in [-0.25, -0.2) is 4.98 Å². The number of aromatic nitrogens is 2. The van der Waals surface area contributed by atoms with E-state index >= 15 is 0 Å². The van der Waals surface area contributed by atoms with Crippen molar-refractivity contribution < 1.29 is 13.9 Å². The van der Waals surface area contributed by atoms with Crippen LogP contribution in [0.3, 0.4) is 0 Å². The minimum Gasteiger partial charge on any atom is -0.490 e. The molecule has 0 N–H and O–H groups in total. The van der Waals surface area contributed by atoms with Crippen LogP contribution in [0.5, 0.6) is 11.5 Å². The highest BCUT2D eigenvalue weighted by Gasteiger charge is 2.18. The smallest absolute Gasteiger partial charge is 0.282 e. The zero-order valence-corrected chi connectivity index (χ0v) is 26.1. The Bertz CT molecular complexity index is 2080. The van der Waals surface area contributed by atoms with Crippen LogP contribution in [0.15, 0.2) is 116 Å². The highest BCUT2D eigenvalue weighted by Crippen LogP contribution is 2.35. The predicted molar refractivity (Wildman–Crippen MR) is 179 cm³/mol. The van der Waals surface area contributed by atoms with Crippen LogP contribution in [0.2, 0.25) is 5.02 Å². The number of halogens is 2. The van der Waals surface area contributed by atoms with Crippen molar-refractivity contribution in [2.75, 3.05) is 6.61 Å². The molecule has 0 bridgehead atoms. The van der Waals surface area contributed by atoms with Gasteiger partial charge in [0.25, 0.3) is 5.56 Å². The Hall–Kier alpha value is -4.66. The molecule has 9 heteroatoms. The van der Waals surface area contributed by atoms with Gasteiger partial charge >= 0.3 is 0 Å². The van der Waals surface area contributed by atoms with Gasteiger partial charge in [-0.2, -0.15) is 9.78 Å². The Morgan fingerprint density at radius 3 is 2.66 bits per heavy atom. The Morgan fingerprint density at radius 1 is 1.05 bits per heavy atom. The first-order valence-electron chi connectivity index (χ1n) is 14.0. The number of ether oxygens (including phenoxy) is 2. The molecule has 2 aromatic heterocycles. The molecule has 0 atom stereocenters. The Morgan fingerprint density at radius 2 is 1.86 bits per heavy atom. The third kappa shape index (κ3) is 6.18. The monoisotopic (exact) mass is 667 g/mol. The van der Waals surface area contributed by atoms with Crippen molar-refractivity contribution in [1.29, 1.82) is 0 Å². The lowest BCUT2D eigenvalue weighted by Crippen LogP contribution is -2.20. The molecule has 0 aliphatic rings. The van der Waals surface area contributed by atoms with Crippen LogP contribution in [-0.2, 0) is 13.0 Å². The SMILES string of the molecule is C=CCc1cc(C=Nn2c(-c3cc4cc(Br)ccc4o3)nc3ccccc3c2=O)cc(OCC)c1OCc1ccc(Cl)cc1. The summed E-state index contributed by atoms with van der Waals surface area (Å²) >= 11 is 9.55. The molecular weight excluding hydrogens is 642 g/mol. The van der Waals surface area contributed by atoms with E-state index in [0.717, 1.165) is 21.0 Å². The molecule has 7 nitrogen and oxygen atoms in total. The predicted octanol–water partition coefficient (Wildman–Crippen LogP) is 8.81. The van der Waals surface area contributed by atoms with Gasteiger partial charge in [-0.05, 0) is 85.1 Å². The Labute approximate surface area is 267 Å². The number of rotatable bonds is 10. The van der Waals surface area contributed by atoms with Gasteiger partial charge in [0.05, 0.1) is 23.7 Å². The molecule has 6 rings (SSSR count). The molecule has 0 radical (unpaired) electrons. The summed E-state index contributed by atoms with van der Waals surface area (Å²) in [6.07, 6.45) is 3.95. The number of allylic oxidation sites excluding steroid dienone is 1. The fraction of sp³-hybridized carbons (Fsp3) is 0.114. The van der Waals surface area contributed by atoms with E-state index in [0.29, 0.717) is 64.0 Å². The number of hydrogen-bond acceptors (Lipinski definition) is 6. The number of para-hydroxylation sites is 1. The molecule has 0 amide bonds. The Balaban J connectivity index is 1.43. The van der Waals surface area contributed by atoms with Gasteiger partial charge in [-0.3, -0.25) is 4.79 Å². The molecule has 0 fully saturated rings. The van der Waals surface area contributed by atoms with Crippen LogP contribution in [0, 0.1) is 0 Å². The molecule has 0 saturated carbocycles. The second kappa shape index (κ2) is 12.9. The number of benzene rings is 4. The fourth-order valence-corrected chi connectivity index (χ4v) is 5.37. The lowest BCUT2D eigenvalue weighted by Gasteiger charge is -2.17. The molecule has 0 saturated heterocycles. The van der Waals surface area contributed by atoms with E-state index in [1.165, 1.54) is 4.68 Å². The average Bonchev–Trinajstić information content (AvgIpc) is 3.44. The van der Waals surface area contributed by atoms with Crippen molar-refractivity contribution >= 4 is 55.6 Å². The van der Waals surface area contributed by atoms with E-state index in [9.17, 15) is 4.79 Å². The first-order chi connectivity index (χ1) is 21.4. The van der Waals surface area contributed by atoms with E-state index in [4.69, 9.17) is 30.5 Å². The summed E-state index contributed by atoms with van der Waals surface area (Å²) in [5.74, 6) is 1.90. The van der Waals surface area contributed by atoms with E-state index in [-0.39, 0.29) is 11.4 Å². The van der Waals surface area contributed by atoms with Crippen molar-refractivity contribution in [3.63, 3.8) is 0 Å². The summed E-state index contributed by atoms with van der Waals surface area (Å²) in [7, 11) is 0. The highest BCUT2D eigenvalue weighted by atomic mass is 79.9. The van der Waals surface area contributed by atoms with Crippen LogP contribution in [-0.4, -0.2) is 22.5 Å². The minimum absolute atomic E-state index is 0.288. The van der Waals surface area contributed by atoms with Gasteiger partial charge in [0.2, 0.25) is 5.82 Å². The van der Waals surface area contributed by atoms with Crippen molar-refractivity contribution in [3.05, 3.63) is 134 Å². The van der Waals surface area contributed by atoms with Crippen LogP contribution >= 0.6 is 27.5 Å². The first kappa shape index (κ1) is 29.4. The summed E-state index contributed by atoms with van der Waals surface area (Å²) in [5.41, 5.74) is 3.46. The lowest BCUT2D eigenvalue weighted by atomic mass is 10.1. The maximum absolute atomic E-state index is 13.7. The second-order valence-corrected chi connectivity index (χ2v) is 11.3. The molecule has 4 aromatic carbocycles. The maximum Gasteiger partial charge on any atom is 0.282 e. The standard InChI is InChI=1S/C35H27BrClN3O4/c1-3-7-24-16-23(17-31(42-4-2)33(24)43-21-22-10-13-27(37)14-11-22)20-38-40-34(39-29-9-6-5-8-28(29)35(40)41)32-19-25-18-26(36)12-15-30(25)44-32/h3,5-6,8-20H,1,4,7,21H2,2H3. The van der Waals surface area contributed by atoms with Gasteiger partial charge in [0.1, 0.15) is 12.2 Å². The lowest BCUT2D eigenvalue weighted by molar-refractivity contribution is 0.267. The second-order valence-electron chi connectivity index (χ2n) is 9.96. The van der Waals surface area contributed by atoms with E-state index in [1.54, 1.807) is 30.5 Å². The molecular formula is C35H27BrClN3O4. The van der Waals surface area contributed by atoms with Gasteiger partial charge in [0.15, 0.2) is 17.3 Å². The third-order valence-corrected chi connectivity index (χ3v) is 7.63. The van der Waals surface area contributed by atoms with E-state index in [1.807, 2.05) is 73.7 Å². The van der Waals surface area contributed by atoms with Crippen molar-refractivity contribution in [2.24, 2.45) is 5.10 Å². The quantitative estimate of drug-likeness (QED) is 0.108. The number of fused-ring (bicyclic) bond motifs is 2. The topological polar surface area (TPSA) is 78.9 Å². The minimum atomic E-state index is -0.317.